The minimum Gasteiger partial charge on any atom is -0.489 e. The fraction of sp³-hybridized carbons (Fsp3) is 0.625. The number of rotatable bonds is 0. The molecule has 39 heavy (non-hydrogen) atoms. The van der Waals surface area contributed by atoms with Gasteiger partial charge in [0.05, 0.1) is 26.4 Å². The van der Waals surface area contributed by atoms with Gasteiger partial charge in [-0.25, -0.2) is 0 Å². The first-order valence-corrected chi connectivity index (χ1v) is 17.2. The van der Waals surface area contributed by atoms with E-state index in [1.165, 1.54) is 75.7 Å². The summed E-state index contributed by atoms with van der Waals surface area (Å²) in [7, 11) is 0. The number of hydrogen-bond acceptors (Lipinski definition) is 7. The second-order valence-electron chi connectivity index (χ2n) is 9.66. The lowest BCUT2D eigenvalue weighted by Gasteiger charge is -2.14. The molecule has 3 rings (SSSR count). The number of ether oxygens (including phenoxy) is 5. The van der Waals surface area contributed by atoms with Crippen molar-refractivity contribution in [2.24, 2.45) is 0 Å². The predicted molar refractivity (Wildman–Crippen MR) is 167 cm³/mol. The molecule has 0 fully saturated rings. The number of fused-ring (bicyclic) bond motifs is 2. The Balaban J connectivity index is 1.39. The molecule has 5 nitrogen and oxygen atoms in total. The molecular weight excluding hydrogens is 528 g/mol. The Morgan fingerprint density at radius 3 is 1.08 bits per heavy atom. The molecule has 1 aliphatic heterocycles. The highest BCUT2D eigenvalue weighted by molar-refractivity contribution is 7.99. The van der Waals surface area contributed by atoms with E-state index in [2.05, 4.69) is 0 Å². The van der Waals surface area contributed by atoms with E-state index in [4.69, 9.17) is 23.7 Å². The average Bonchev–Trinajstić information content (AvgIpc) is 2.96. The van der Waals surface area contributed by atoms with Crippen molar-refractivity contribution in [1.29, 1.82) is 0 Å². The van der Waals surface area contributed by atoms with Crippen LogP contribution in [0.2, 0.25) is 0 Å². The minimum atomic E-state index is 0.465. The van der Waals surface area contributed by atoms with Crippen LogP contribution in [-0.4, -0.2) is 62.7 Å². The molecule has 0 bridgehead atoms. The zero-order chi connectivity index (χ0) is 27.1. The third kappa shape index (κ3) is 15.0. The van der Waals surface area contributed by atoms with Crippen molar-refractivity contribution in [2.75, 3.05) is 62.7 Å². The van der Waals surface area contributed by atoms with Crippen molar-refractivity contribution >= 4 is 23.5 Å². The molecule has 0 aliphatic carbocycles. The van der Waals surface area contributed by atoms with E-state index in [0.29, 0.717) is 39.6 Å². The third-order valence-electron chi connectivity index (χ3n) is 6.47. The summed E-state index contributed by atoms with van der Waals surface area (Å²) in [6, 6.07) is 15.7. The molecule has 0 aromatic heterocycles. The monoisotopic (exact) mass is 576 g/mol. The molecule has 0 unspecified atom stereocenters. The van der Waals surface area contributed by atoms with Gasteiger partial charge in [0.15, 0.2) is 23.0 Å². The summed E-state index contributed by atoms with van der Waals surface area (Å²) in [5.74, 6) is 7.58. The van der Waals surface area contributed by atoms with E-state index >= 15 is 0 Å². The van der Waals surface area contributed by atoms with Crippen LogP contribution >= 0.6 is 23.5 Å². The summed E-state index contributed by atoms with van der Waals surface area (Å²) in [5.41, 5.74) is 0. The van der Waals surface area contributed by atoms with Gasteiger partial charge in [-0.2, -0.15) is 23.5 Å². The first kappa shape index (κ1) is 31.8. The number of hydrogen-bond donors (Lipinski definition) is 0. The lowest BCUT2D eigenvalue weighted by atomic mass is 10.1. The number of para-hydroxylation sites is 4. The van der Waals surface area contributed by atoms with Crippen molar-refractivity contribution in [2.45, 2.75) is 64.2 Å². The highest BCUT2D eigenvalue weighted by atomic mass is 32.2. The van der Waals surface area contributed by atoms with Crippen molar-refractivity contribution in [3.63, 3.8) is 0 Å². The first-order valence-electron chi connectivity index (χ1n) is 14.9. The van der Waals surface area contributed by atoms with Gasteiger partial charge in [-0.3, -0.25) is 0 Å². The maximum absolute atomic E-state index is 6.00. The van der Waals surface area contributed by atoms with Crippen LogP contribution in [0.1, 0.15) is 64.2 Å². The van der Waals surface area contributed by atoms with Gasteiger partial charge in [0, 0.05) is 11.5 Å². The van der Waals surface area contributed by atoms with Crippen molar-refractivity contribution in [1.82, 2.24) is 0 Å². The zero-order valence-corrected chi connectivity index (χ0v) is 25.3. The van der Waals surface area contributed by atoms with E-state index in [-0.39, 0.29) is 0 Å². The molecule has 0 saturated heterocycles. The molecule has 0 saturated carbocycles. The van der Waals surface area contributed by atoms with Gasteiger partial charge in [-0.1, -0.05) is 75.6 Å². The van der Waals surface area contributed by atoms with E-state index in [1.54, 1.807) is 0 Å². The van der Waals surface area contributed by atoms with Crippen LogP contribution in [0, 0.1) is 0 Å². The van der Waals surface area contributed by atoms with Gasteiger partial charge in [0.1, 0.15) is 13.2 Å². The Kier molecular flexibility index (Phi) is 18.0. The van der Waals surface area contributed by atoms with E-state index < -0.39 is 0 Å². The topological polar surface area (TPSA) is 46.2 Å². The molecule has 0 amide bonds. The van der Waals surface area contributed by atoms with Crippen LogP contribution in [0.15, 0.2) is 48.5 Å². The first-order chi connectivity index (χ1) is 19.4. The maximum Gasteiger partial charge on any atom is 0.161 e. The maximum atomic E-state index is 6.00. The highest BCUT2D eigenvalue weighted by Crippen LogP contribution is 2.27. The average molecular weight is 577 g/mol. The van der Waals surface area contributed by atoms with E-state index in [0.717, 1.165) is 34.5 Å². The standard InChI is InChI=1S/C32H48O5S2/c1-2-4-6-8-14-26-39-28-24-37-32-18-12-10-16-30(32)35-22-20-33-19-21-34-29-15-9-11-17-31(29)36-23-27-38-25-13-7-5-3-1/h9-12,15-18H,1-8,13-14,19-28H2. The second-order valence-corrected chi connectivity index (χ2v) is 12.1. The molecule has 0 spiro atoms. The predicted octanol–water partition coefficient (Wildman–Crippen LogP) is 8.30. The van der Waals surface area contributed by atoms with Crippen molar-refractivity contribution in [3.05, 3.63) is 48.5 Å². The number of benzene rings is 2. The van der Waals surface area contributed by atoms with Crippen LogP contribution in [0.25, 0.3) is 0 Å². The Hall–Kier alpha value is -1.70. The van der Waals surface area contributed by atoms with E-state index in [9.17, 15) is 0 Å². The van der Waals surface area contributed by atoms with Crippen LogP contribution in [0.3, 0.4) is 0 Å². The molecule has 1 heterocycles. The summed E-state index contributed by atoms with van der Waals surface area (Å²) >= 11 is 3.97. The summed E-state index contributed by atoms with van der Waals surface area (Å²) in [5, 5.41) is 0. The largest absolute Gasteiger partial charge is 0.489 e. The fourth-order valence-electron chi connectivity index (χ4n) is 4.35. The van der Waals surface area contributed by atoms with Gasteiger partial charge < -0.3 is 23.7 Å². The van der Waals surface area contributed by atoms with Crippen LogP contribution in [-0.2, 0) is 4.74 Å². The normalized spacial score (nSPS) is 19.3. The Morgan fingerprint density at radius 1 is 0.359 bits per heavy atom. The number of thioether (sulfide) groups is 2. The van der Waals surface area contributed by atoms with Gasteiger partial charge in [-0.05, 0) is 48.6 Å². The Bertz CT molecular complexity index is 796. The van der Waals surface area contributed by atoms with Gasteiger partial charge >= 0.3 is 0 Å². The Morgan fingerprint density at radius 2 is 0.692 bits per heavy atom. The van der Waals surface area contributed by atoms with Crippen LogP contribution in [0.5, 0.6) is 23.0 Å². The SMILES string of the molecule is c1ccc2c(c1)OCCOCCOc1ccccc1OCCSCCCCCCCCCCCCSCCO2. The highest BCUT2D eigenvalue weighted by Gasteiger charge is 2.06. The van der Waals surface area contributed by atoms with Crippen LogP contribution < -0.4 is 18.9 Å². The molecule has 218 valence electrons. The molecule has 2 aromatic rings. The second kappa shape index (κ2) is 22.0. The molecular formula is C32H48O5S2. The lowest BCUT2D eigenvalue weighted by molar-refractivity contribution is 0.0747. The van der Waals surface area contributed by atoms with Crippen molar-refractivity contribution < 1.29 is 23.7 Å². The molecule has 2 aromatic carbocycles. The zero-order valence-electron chi connectivity index (χ0n) is 23.6. The molecule has 1 aliphatic rings. The summed E-state index contributed by atoms with van der Waals surface area (Å²) < 4.78 is 29.6. The third-order valence-corrected chi connectivity index (χ3v) is 8.53. The van der Waals surface area contributed by atoms with Crippen molar-refractivity contribution in [3.8, 4) is 23.0 Å². The quantitative estimate of drug-likeness (QED) is 0.313. The van der Waals surface area contributed by atoms with Crippen LogP contribution in [0.4, 0.5) is 0 Å². The van der Waals surface area contributed by atoms with Gasteiger partial charge in [0.25, 0.3) is 0 Å². The molecule has 0 N–H and O–H groups in total. The summed E-state index contributed by atoms with van der Waals surface area (Å²) in [6.07, 6.45) is 13.6. The smallest absolute Gasteiger partial charge is 0.161 e. The summed E-state index contributed by atoms with van der Waals surface area (Å²) in [6.45, 7) is 3.30. The fourth-order valence-corrected chi connectivity index (χ4v) is 5.98. The molecule has 0 radical (unpaired) electrons. The molecule has 7 heteroatoms. The van der Waals surface area contributed by atoms with Gasteiger partial charge in [0.2, 0.25) is 0 Å². The van der Waals surface area contributed by atoms with E-state index in [1.807, 2.05) is 72.1 Å². The van der Waals surface area contributed by atoms with Gasteiger partial charge in [-0.15, -0.1) is 0 Å². The summed E-state index contributed by atoms with van der Waals surface area (Å²) in [4.78, 5) is 0. The molecule has 0 atom stereocenters. The minimum absolute atomic E-state index is 0.465. The lowest BCUT2D eigenvalue weighted by Crippen LogP contribution is -2.13. The Labute approximate surface area is 245 Å².